The molecule has 1 aromatic rings. The molecular weight excluding hydrogens is 302 g/mol. The Bertz CT molecular complexity index is 452. The molecule has 1 aliphatic carbocycles. The fourth-order valence-corrected chi connectivity index (χ4v) is 2.26. The van der Waals surface area contributed by atoms with E-state index in [-0.39, 0.29) is 0 Å². The molecule has 1 saturated carbocycles. The molecule has 1 aliphatic rings. The summed E-state index contributed by atoms with van der Waals surface area (Å²) >= 11 is 3.53. The zero-order valence-electron chi connectivity index (χ0n) is 11.7. The monoisotopic (exact) mass is 323 g/mol. The summed E-state index contributed by atoms with van der Waals surface area (Å²) in [4.78, 5) is 0. The Labute approximate surface area is 124 Å². The predicted octanol–water partition coefficient (Wildman–Crippen LogP) is 4.39. The molecule has 0 atom stereocenters. The molecule has 1 fully saturated rings. The number of rotatable bonds is 7. The number of hydrogen-bond acceptors (Lipinski definition) is 2. The standard InChI is InChI=1S/C16H22BrNO/c1-3-8-19-16-7-4-14(17)10-13(16)9-12(2)11-18-15-5-6-15/h4,7,9-10,15,18H,3,5-6,8,11H2,1-2H3. The highest BCUT2D eigenvalue weighted by molar-refractivity contribution is 9.10. The van der Waals surface area contributed by atoms with Gasteiger partial charge in [-0.1, -0.05) is 34.5 Å². The van der Waals surface area contributed by atoms with Crippen molar-refractivity contribution in [3.05, 3.63) is 33.8 Å². The van der Waals surface area contributed by atoms with Crippen LogP contribution in [0.3, 0.4) is 0 Å². The van der Waals surface area contributed by atoms with Gasteiger partial charge in [-0.3, -0.25) is 0 Å². The summed E-state index contributed by atoms with van der Waals surface area (Å²) < 4.78 is 6.88. The van der Waals surface area contributed by atoms with Crippen LogP contribution in [-0.4, -0.2) is 19.2 Å². The maximum atomic E-state index is 5.79. The Morgan fingerprint density at radius 1 is 1.47 bits per heavy atom. The first kappa shape index (κ1) is 14.6. The van der Waals surface area contributed by atoms with E-state index in [1.165, 1.54) is 18.4 Å². The van der Waals surface area contributed by atoms with E-state index in [1.807, 2.05) is 12.1 Å². The molecule has 0 bridgehead atoms. The highest BCUT2D eigenvalue weighted by Gasteiger charge is 2.19. The molecular formula is C16H22BrNO. The smallest absolute Gasteiger partial charge is 0.126 e. The Balaban J connectivity index is 2.06. The van der Waals surface area contributed by atoms with Crippen molar-refractivity contribution in [2.45, 2.75) is 39.2 Å². The van der Waals surface area contributed by atoms with Gasteiger partial charge in [0.15, 0.2) is 0 Å². The summed E-state index contributed by atoms with van der Waals surface area (Å²) in [5, 5.41) is 3.53. The third-order valence-electron chi connectivity index (χ3n) is 3.08. The second-order valence-corrected chi connectivity index (χ2v) is 6.09. The number of hydrogen-bond donors (Lipinski definition) is 1. The Kier molecular flexibility index (Phi) is 5.46. The molecule has 19 heavy (non-hydrogen) atoms. The molecule has 0 aliphatic heterocycles. The average Bonchev–Trinajstić information content (AvgIpc) is 3.19. The van der Waals surface area contributed by atoms with Crippen LogP contribution in [0.4, 0.5) is 0 Å². The molecule has 0 aromatic heterocycles. The number of halogens is 1. The fraction of sp³-hybridized carbons (Fsp3) is 0.500. The van der Waals surface area contributed by atoms with Gasteiger partial charge in [0.05, 0.1) is 6.61 Å². The van der Waals surface area contributed by atoms with Crippen LogP contribution >= 0.6 is 15.9 Å². The van der Waals surface area contributed by atoms with Gasteiger partial charge in [-0.2, -0.15) is 0 Å². The summed E-state index contributed by atoms with van der Waals surface area (Å²) in [6.07, 6.45) is 5.90. The first-order valence-corrected chi connectivity index (χ1v) is 7.81. The minimum absolute atomic E-state index is 0.752. The lowest BCUT2D eigenvalue weighted by Gasteiger charge is -2.10. The molecule has 0 spiro atoms. The topological polar surface area (TPSA) is 21.3 Å². The largest absolute Gasteiger partial charge is 0.493 e. The highest BCUT2D eigenvalue weighted by Crippen LogP contribution is 2.26. The predicted molar refractivity (Wildman–Crippen MR) is 84.6 cm³/mol. The molecule has 0 heterocycles. The fourth-order valence-electron chi connectivity index (χ4n) is 1.88. The molecule has 1 aromatic carbocycles. The first-order chi connectivity index (χ1) is 9.19. The van der Waals surface area contributed by atoms with E-state index in [2.05, 4.69) is 47.2 Å². The van der Waals surface area contributed by atoms with E-state index >= 15 is 0 Å². The van der Waals surface area contributed by atoms with E-state index in [0.29, 0.717) is 0 Å². The highest BCUT2D eigenvalue weighted by atomic mass is 79.9. The lowest BCUT2D eigenvalue weighted by atomic mass is 10.1. The van der Waals surface area contributed by atoms with Crippen molar-refractivity contribution in [1.82, 2.24) is 5.32 Å². The second-order valence-electron chi connectivity index (χ2n) is 5.18. The van der Waals surface area contributed by atoms with Crippen molar-refractivity contribution in [3.63, 3.8) is 0 Å². The molecule has 0 saturated heterocycles. The van der Waals surface area contributed by atoms with Crippen LogP contribution in [-0.2, 0) is 0 Å². The van der Waals surface area contributed by atoms with Gasteiger partial charge in [0.25, 0.3) is 0 Å². The van der Waals surface area contributed by atoms with Crippen LogP contribution in [0.2, 0.25) is 0 Å². The normalized spacial score (nSPS) is 15.6. The number of nitrogens with one attached hydrogen (secondary N) is 1. The second kappa shape index (κ2) is 7.11. The Morgan fingerprint density at radius 3 is 2.95 bits per heavy atom. The Hall–Kier alpha value is -0.800. The van der Waals surface area contributed by atoms with Crippen LogP contribution < -0.4 is 10.1 Å². The molecule has 104 valence electrons. The van der Waals surface area contributed by atoms with Gasteiger partial charge >= 0.3 is 0 Å². The quantitative estimate of drug-likeness (QED) is 0.803. The van der Waals surface area contributed by atoms with Crippen LogP contribution in [0.15, 0.2) is 28.2 Å². The number of benzene rings is 1. The van der Waals surface area contributed by atoms with Crippen molar-refractivity contribution >= 4 is 22.0 Å². The zero-order chi connectivity index (χ0) is 13.7. The maximum absolute atomic E-state index is 5.79. The van der Waals surface area contributed by atoms with Gasteiger partial charge in [-0.25, -0.2) is 0 Å². The van der Waals surface area contributed by atoms with Crippen LogP contribution in [0, 0.1) is 0 Å². The molecule has 1 N–H and O–H groups in total. The Morgan fingerprint density at radius 2 is 2.26 bits per heavy atom. The van der Waals surface area contributed by atoms with Crippen LogP contribution in [0.1, 0.15) is 38.7 Å². The van der Waals surface area contributed by atoms with Crippen LogP contribution in [0.25, 0.3) is 6.08 Å². The van der Waals surface area contributed by atoms with Gasteiger partial charge in [0.2, 0.25) is 0 Å². The minimum atomic E-state index is 0.752. The van der Waals surface area contributed by atoms with Gasteiger partial charge < -0.3 is 10.1 Å². The lowest BCUT2D eigenvalue weighted by molar-refractivity contribution is 0.316. The van der Waals surface area contributed by atoms with E-state index in [4.69, 9.17) is 4.74 Å². The van der Waals surface area contributed by atoms with Crippen molar-refractivity contribution in [2.75, 3.05) is 13.2 Å². The van der Waals surface area contributed by atoms with Crippen molar-refractivity contribution in [2.24, 2.45) is 0 Å². The summed E-state index contributed by atoms with van der Waals surface area (Å²) in [7, 11) is 0. The van der Waals surface area contributed by atoms with Crippen molar-refractivity contribution in [3.8, 4) is 5.75 Å². The maximum Gasteiger partial charge on any atom is 0.126 e. The van der Waals surface area contributed by atoms with E-state index < -0.39 is 0 Å². The molecule has 3 heteroatoms. The molecule has 0 radical (unpaired) electrons. The molecule has 2 rings (SSSR count). The minimum Gasteiger partial charge on any atom is -0.493 e. The molecule has 2 nitrogen and oxygen atoms in total. The molecule has 0 unspecified atom stereocenters. The summed E-state index contributed by atoms with van der Waals surface area (Å²) in [5.74, 6) is 0.968. The van der Waals surface area contributed by atoms with E-state index in [0.717, 1.165) is 41.4 Å². The SMILES string of the molecule is CCCOc1ccc(Br)cc1C=C(C)CNC1CC1. The van der Waals surface area contributed by atoms with Gasteiger partial charge in [-0.05, 0) is 44.4 Å². The van der Waals surface area contributed by atoms with Crippen LogP contribution in [0.5, 0.6) is 5.75 Å². The number of ether oxygens (including phenoxy) is 1. The van der Waals surface area contributed by atoms with Crippen molar-refractivity contribution < 1.29 is 4.74 Å². The summed E-state index contributed by atoms with van der Waals surface area (Å²) in [6, 6.07) is 6.93. The molecule has 0 amide bonds. The first-order valence-electron chi connectivity index (χ1n) is 7.02. The summed E-state index contributed by atoms with van der Waals surface area (Å²) in [6.45, 7) is 6.02. The zero-order valence-corrected chi connectivity index (χ0v) is 13.3. The van der Waals surface area contributed by atoms with E-state index in [9.17, 15) is 0 Å². The van der Waals surface area contributed by atoms with Crippen molar-refractivity contribution in [1.29, 1.82) is 0 Å². The third kappa shape index (κ3) is 5.00. The van der Waals surface area contributed by atoms with E-state index in [1.54, 1.807) is 0 Å². The summed E-state index contributed by atoms with van der Waals surface area (Å²) in [5.41, 5.74) is 2.49. The average molecular weight is 324 g/mol. The van der Waals surface area contributed by atoms with Gasteiger partial charge in [0, 0.05) is 22.6 Å². The van der Waals surface area contributed by atoms with Gasteiger partial charge in [0.1, 0.15) is 5.75 Å². The lowest BCUT2D eigenvalue weighted by Crippen LogP contribution is -2.18. The van der Waals surface area contributed by atoms with Gasteiger partial charge in [-0.15, -0.1) is 0 Å². The third-order valence-corrected chi connectivity index (χ3v) is 3.58.